The molecule has 4 heteroatoms. The minimum Gasteiger partial charge on any atom is -0.505 e. The molecule has 0 bridgehead atoms. The zero-order chi connectivity index (χ0) is 42.8. The first kappa shape index (κ1) is 51.1. The summed E-state index contributed by atoms with van der Waals surface area (Å²) in [5.74, 6) is 0.107. The van der Waals surface area contributed by atoms with Crippen LogP contribution in [-0.2, 0) is 6.42 Å². The van der Waals surface area contributed by atoms with Crippen LogP contribution >= 0.6 is 0 Å². The summed E-state index contributed by atoms with van der Waals surface area (Å²) in [5.41, 5.74) is 20.3. The number of aromatic hydroxyl groups is 2. The highest BCUT2D eigenvalue weighted by Crippen LogP contribution is 2.45. The number of phenolic OH excluding ortho intramolecular Hbond substituents is 2. The van der Waals surface area contributed by atoms with Crippen molar-refractivity contribution in [2.75, 3.05) is 12.8 Å². The highest BCUT2D eigenvalue weighted by atomic mass is 16.5. The number of nitrogens with two attached hydrogens (primary N) is 1. The Morgan fingerprint density at radius 3 is 0.965 bits per heavy atom. The van der Waals surface area contributed by atoms with Crippen molar-refractivity contribution in [3.8, 4) is 17.2 Å². The van der Waals surface area contributed by atoms with E-state index in [1.54, 1.807) is 6.92 Å². The molecule has 0 spiro atoms. The third-order valence-corrected chi connectivity index (χ3v) is 11.0. The second kappa shape index (κ2) is 29.3. The summed E-state index contributed by atoms with van der Waals surface area (Å²) in [6, 6.07) is 0. The molecule has 0 aliphatic heterocycles. The van der Waals surface area contributed by atoms with Crippen LogP contribution in [0.1, 0.15) is 183 Å². The third kappa shape index (κ3) is 23.2. The molecule has 0 aromatic heterocycles. The molecule has 0 radical (unpaired) electrons. The lowest BCUT2D eigenvalue weighted by Gasteiger charge is -2.15. The van der Waals surface area contributed by atoms with E-state index in [1.165, 1.54) is 76.5 Å². The molecule has 0 aliphatic rings. The van der Waals surface area contributed by atoms with Gasteiger partial charge >= 0.3 is 0 Å². The van der Waals surface area contributed by atoms with Gasteiger partial charge in [-0.15, -0.1) is 0 Å². The third-order valence-electron chi connectivity index (χ3n) is 11.0. The smallest absolute Gasteiger partial charge is 0.187 e. The van der Waals surface area contributed by atoms with Gasteiger partial charge in [0.15, 0.2) is 11.5 Å². The van der Waals surface area contributed by atoms with Gasteiger partial charge in [0.25, 0.3) is 0 Å². The average Bonchev–Trinajstić information content (AvgIpc) is 3.14. The molecule has 1 aromatic carbocycles. The predicted octanol–water partition coefficient (Wildman–Crippen LogP) is 16.3. The molecule has 0 amide bonds. The average molecular weight is 782 g/mol. The molecule has 0 atom stereocenters. The minimum absolute atomic E-state index is 0.00303. The largest absolute Gasteiger partial charge is 0.505 e. The van der Waals surface area contributed by atoms with E-state index in [4.69, 9.17) is 10.5 Å². The van der Waals surface area contributed by atoms with Crippen LogP contribution in [0.5, 0.6) is 17.2 Å². The van der Waals surface area contributed by atoms with Crippen LogP contribution in [0, 0.1) is 6.92 Å². The zero-order valence-corrected chi connectivity index (χ0v) is 38.6. The quantitative estimate of drug-likeness (QED) is 0.0360. The van der Waals surface area contributed by atoms with Gasteiger partial charge in [0, 0.05) is 11.1 Å². The number of ether oxygens (including phenoxy) is 1. The van der Waals surface area contributed by atoms with E-state index in [0.29, 0.717) is 17.5 Å². The van der Waals surface area contributed by atoms with E-state index in [-0.39, 0.29) is 22.9 Å². The lowest BCUT2D eigenvalue weighted by molar-refractivity contribution is 0.368. The first-order valence-electron chi connectivity index (χ1n) is 21.8. The van der Waals surface area contributed by atoms with Crippen LogP contribution in [0.25, 0.3) is 0 Å². The van der Waals surface area contributed by atoms with Crippen molar-refractivity contribution in [3.63, 3.8) is 0 Å². The minimum atomic E-state index is -0.0283. The van der Waals surface area contributed by atoms with Crippen LogP contribution in [0.15, 0.2) is 105 Å². The Labute approximate surface area is 350 Å². The van der Waals surface area contributed by atoms with Crippen LogP contribution in [0.2, 0.25) is 0 Å². The Morgan fingerprint density at radius 1 is 0.439 bits per heavy atom. The highest BCUT2D eigenvalue weighted by Gasteiger charge is 2.19. The van der Waals surface area contributed by atoms with Gasteiger partial charge in [0.1, 0.15) is 11.4 Å². The van der Waals surface area contributed by atoms with Gasteiger partial charge in [-0.25, -0.2) is 0 Å². The number of anilines is 1. The number of hydrogen-bond acceptors (Lipinski definition) is 4. The molecule has 0 saturated carbocycles. The van der Waals surface area contributed by atoms with Crippen molar-refractivity contribution in [2.45, 2.75) is 185 Å². The normalized spacial score (nSPS) is 14.1. The monoisotopic (exact) mass is 782 g/mol. The SMILES string of the molecule is COc1c(N)c(O)c(C)c(C/C=C(\C)CC/C=C(\C)CC/C=C(\C)CC/C=C(\C)CC/C=C(\C)CC/C=C(\C)CC/C=C(\C)CC/C=C(\C)CCC=C(C)C)c1O. The summed E-state index contributed by atoms with van der Waals surface area (Å²) >= 11 is 0. The first-order valence-corrected chi connectivity index (χ1v) is 21.8. The molecular formula is C53H83NO3. The molecule has 57 heavy (non-hydrogen) atoms. The van der Waals surface area contributed by atoms with Gasteiger partial charge in [-0.1, -0.05) is 105 Å². The molecular weight excluding hydrogens is 699 g/mol. The van der Waals surface area contributed by atoms with Crippen molar-refractivity contribution in [3.05, 3.63) is 116 Å². The fourth-order valence-electron chi connectivity index (χ4n) is 6.86. The van der Waals surface area contributed by atoms with E-state index in [1.807, 2.05) is 0 Å². The van der Waals surface area contributed by atoms with Gasteiger partial charge in [-0.05, 0) is 185 Å². The molecule has 0 fully saturated rings. The summed E-state index contributed by atoms with van der Waals surface area (Å²) in [6.45, 7) is 24.2. The van der Waals surface area contributed by atoms with Crippen molar-refractivity contribution in [1.29, 1.82) is 0 Å². The Balaban J connectivity index is 2.32. The van der Waals surface area contributed by atoms with Gasteiger partial charge in [-0.3, -0.25) is 0 Å². The number of benzene rings is 1. The fourth-order valence-corrected chi connectivity index (χ4v) is 6.86. The molecule has 318 valence electrons. The zero-order valence-electron chi connectivity index (χ0n) is 38.6. The Hall–Kier alpha value is -3.92. The summed E-state index contributed by atoms with van der Waals surface area (Å²) in [4.78, 5) is 0. The summed E-state index contributed by atoms with van der Waals surface area (Å²) < 4.78 is 5.21. The molecule has 1 rings (SSSR count). The lowest BCUT2D eigenvalue weighted by atomic mass is 9.99. The van der Waals surface area contributed by atoms with Crippen LogP contribution in [0.3, 0.4) is 0 Å². The van der Waals surface area contributed by atoms with E-state index < -0.39 is 0 Å². The molecule has 4 nitrogen and oxygen atoms in total. The Kier molecular flexibility index (Phi) is 26.3. The number of allylic oxidation sites excluding steroid dienone is 18. The van der Waals surface area contributed by atoms with E-state index in [9.17, 15) is 10.2 Å². The maximum Gasteiger partial charge on any atom is 0.187 e. The van der Waals surface area contributed by atoms with Gasteiger partial charge in [0.05, 0.1) is 7.11 Å². The molecule has 0 aliphatic carbocycles. The molecule has 0 saturated heterocycles. The maximum absolute atomic E-state index is 10.6. The molecule has 1 aromatic rings. The summed E-state index contributed by atoms with van der Waals surface area (Å²) in [5, 5.41) is 20.9. The predicted molar refractivity (Wildman–Crippen MR) is 253 cm³/mol. The second-order valence-electron chi connectivity index (χ2n) is 16.9. The topological polar surface area (TPSA) is 75.7 Å². The van der Waals surface area contributed by atoms with Crippen molar-refractivity contribution >= 4 is 5.69 Å². The summed E-state index contributed by atoms with van der Waals surface area (Å²) in [6.07, 6.45) is 39.8. The number of phenols is 2. The van der Waals surface area contributed by atoms with Crippen LogP contribution in [-0.4, -0.2) is 17.3 Å². The van der Waals surface area contributed by atoms with Gasteiger partial charge in [-0.2, -0.15) is 0 Å². The Bertz CT molecular complexity index is 1660. The van der Waals surface area contributed by atoms with Crippen molar-refractivity contribution in [2.24, 2.45) is 0 Å². The maximum atomic E-state index is 10.6. The lowest BCUT2D eigenvalue weighted by Crippen LogP contribution is -1.99. The van der Waals surface area contributed by atoms with Crippen molar-refractivity contribution in [1.82, 2.24) is 0 Å². The number of nitrogen functional groups attached to an aromatic ring is 1. The second-order valence-corrected chi connectivity index (χ2v) is 16.9. The summed E-state index contributed by atoms with van der Waals surface area (Å²) in [7, 11) is 1.44. The Morgan fingerprint density at radius 2 is 0.702 bits per heavy atom. The fraction of sp³-hybridized carbons (Fsp3) is 0.547. The van der Waals surface area contributed by atoms with Gasteiger partial charge in [0.2, 0.25) is 0 Å². The number of hydrogen-bond donors (Lipinski definition) is 3. The van der Waals surface area contributed by atoms with E-state index in [2.05, 4.69) is 124 Å². The standard InChI is InChI=1S/C53H83NO3/c1-39(2)21-13-22-40(3)23-14-24-41(4)25-15-26-42(5)27-16-28-43(6)29-17-30-44(7)31-18-32-45(8)33-19-34-46(9)35-20-36-47(10)37-38-49-48(11)51(55)50(54)53(57-12)52(49)56/h21,23,25,27,29,31,33,35,37,55-56H,13-20,22,24,26,28,30,32,34,36,38,54H2,1-12H3/b40-23+,41-25+,42-27+,43-29+,44-31+,45-33+,46-35+,47-37+. The molecule has 0 heterocycles. The van der Waals surface area contributed by atoms with Crippen LogP contribution in [0.4, 0.5) is 5.69 Å². The number of methoxy groups -OCH3 is 1. The molecule has 4 N–H and O–H groups in total. The van der Waals surface area contributed by atoms with Gasteiger partial charge < -0.3 is 20.7 Å². The molecule has 0 unspecified atom stereocenters. The van der Waals surface area contributed by atoms with E-state index in [0.717, 1.165) is 83.5 Å². The van der Waals surface area contributed by atoms with Crippen molar-refractivity contribution < 1.29 is 14.9 Å². The number of rotatable bonds is 27. The van der Waals surface area contributed by atoms with E-state index >= 15 is 0 Å². The highest BCUT2D eigenvalue weighted by molar-refractivity contribution is 5.73. The first-order chi connectivity index (χ1) is 27.0. The van der Waals surface area contributed by atoms with Crippen LogP contribution < -0.4 is 10.5 Å².